The summed E-state index contributed by atoms with van der Waals surface area (Å²) in [5, 5.41) is 10.9. The molecule has 0 aliphatic rings. The van der Waals surface area contributed by atoms with Gasteiger partial charge >= 0.3 is 0 Å². The molecule has 0 amide bonds. The smallest absolute Gasteiger partial charge is 0.297 e. The Morgan fingerprint density at radius 2 is 1.89 bits per heavy atom. The number of hydrogen-bond donors (Lipinski definition) is 1. The molecule has 0 spiro atoms. The maximum Gasteiger partial charge on any atom is 0.297 e. The molecule has 19 heavy (non-hydrogen) atoms. The van der Waals surface area contributed by atoms with E-state index < -0.39 is 13.2 Å². The van der Waals surface area contributed by atoms with Crippen molar-refractivity contribution >= 4 is 35.6 Å². The first-order valence-corrected chi connectivity index (χ1v) is 9.58. The van der Waals surface area contributed by atoms with Crippen molar-refractivity contribution < 1.29 is 9.35 Å². The Balaban J connectivity index is 3.26. The summed E-state index contributed by atoms with van der Waals surface area (Å²) in [6.07, 6.45) is 0. The van der Waals surface area contributed by atoms with Crippen LogP contribution in [-0.2, 0) is 0 Å². The van der Waals surface area contributed by atoms with E-state index in [0.29, 0.717) is 10.2 Å². The Morgan fingerprint density at radius 1 is 1.37 bits per heavy atom. The second-order valence-electron chi connectivity index (χ2n) is 5.96. The van der Waals surface area contributed by atoms with Crippen LogP contribution in [0.25, 0.3) is 0 Å². The minimum absolute atomic E-state index is 0.00344. The zero-order valence-corrected chi connectivity index (χ0v) is 14.4. The molecule has 0 aliphatic heterocycles. The molecule has 1 aromatic carbocycles. The zero-order chi connectivity index (χ0) is 15.0. The van der Waals surface area contributed by atoms with E-state index >= 15 is 0 Å². The molecule has 0 saturated carbocycles. The van der Waals surface area contributed by atoms with Gasteiger partial charge in [-0.15, -0.1) is 0 Å². The van der Waals surface area contributed by atoms with Crippen LogP contribution in [0.15, 0.2) is 16.6 Å². The Morgan fingerprint density at radius 3 is 2.32 bits per heavy atom. The molecule has 0 heterocycles. The highest BCUT2D eigenvalue weighted by Crippen LogP contribution is 2.42. The fourth-order valence-corrected chi connectivity index (χ4v) is 2.69. The second kappa shape index (κ2) is 5.13. The summed E-state index contributed by atoms with van der Waals surface area (Å²) in [6, 6.07) is 3.07. The van der Waals surface area contributed by atoms with Crippen LogP contribution in [0.3, 0.4) is 0 Å². The van der Waals surface area contributed by atoms with Crippen LogP contribution in [-0.4, -0.2) is 13.2 Å². The molecule has 106 valence electrons. The van der Waals surface area contributed by atoms with E-state index in [1.54, 1.807) is 6.07 Å². The Bertz CT molecular complexity index is 512. The average Bonchev–Trinajstić information content (AvgIpc) is 2.20. The van der Waals surface area contributed by atoms with Crippen molar-refractivity contribution in [3.63, 3.8) is 0 Å². The van der Waals surface area contributed by atoms with Gasteiger partial charge in [0.05, 0.1) is 4.92 Å². The molecule has 0 bridgehead atoms. The van der Waals surface area contributed by atoms with Crippen molar-refractivity contribution in [1.82, 2.24) is 0 Å². The molecule has 0 saturated heterocycles. The van der Waals surface area contributed by atoms with Crippen molar-refractivity contribution in [3.05, 3.63) is 26.7 Å². The fourth-order valence-electron chi connectivity index (χ4n) is 1.24. The largest absolute Gasteiger partial charge is 0.542 e. The molecule has 0 fully saturated rings. The van der Waals surface area contributed by atoms with Gasteiger partial charge in [-0.1, -0.05) is 36.7 Å². The molecule has 1 rings (SSSR count). The number of anilines is 1. The van der Waals surface area contributed by atoms with Crippen molar-refractivity contribution in [2.75, 3.05) is 5.73 Å². The zero-order valence-electron chi connectivity index (χ0n) is 11.8. The Hall–Kier alpha value is -1.08. The van der Waals surface area contributed by atoms with E-state index in [0.717, 1.165) is 0 Å². The fraction of sp³-hybridized carbons (Fsp3) is 0.500. The van der Waals surface area contributed by atoms with Crippen molar-refractivity contribution in [3.8, 4) is 5.75 Å². The third kappa shape index (κ3) is 3.47. The SMILES string of the molecule is CC(C)(C)[Si](C)(C)Oc1cc(Br)cc([N+](=O)[O-])c1N. The van der Waals surface area contributed by atoms with Gasteiger partial charge in [0.2, 0.25) is 0 Å². The minimum atomic E-state index is -2.08. The standard InChI is InChI=1S/C12H19BrN2O3Si/c1-12(2,3)19(4,5)18-10-7-8(13)6-9(11(10)14)15(16)17/h6-7H,14H2,1-5H3. The van der Waals surface area contributed by atoms with Gasteiger partial charge in [-0.3, -0.25) is 10.1 Å². The summed E-state index contributed by atoms with van der Waals surface area (Å²) in [5.74, 6) is 0.382. The highest BCUT2D eigenvalue weighted by atomic mass is 79.9. The average molecular weight is 347 g/mol. The van der Waals surface area contributed by atoms with Crippen LogP contribution < -0.4 is 10.2 Å². The third-order valence-corrected chi connectivity index (χ3v) is 8.25. The van der Waals surface area contributed by atoms with Crippen LogP contribution in [0.2, 0.25) is 18.1 Å². The lowest BCUT2D eigenvalue weighted by Crippen LogP contribution is -2.44. The molecule has 0 aromatic heterocycles. The van der Waals surface area contributed by atoms with Gasteiger partial charge in [-0.25, -0.2) is 0 Å². The highest BCUT2D eigenvalue weighted by Gasteiger charge is 2.39. The van der Waals surface area contributed by atoms with Crippen LogP contribution >= 0.6 is 15.9 Å². The molecule has 2 N–H and O–H groups in total. The number of nitro groups is 1. The van der Waals surface area contributed by atoms with Crippen LogP contribution in [0.5, 0.6) is 5.75 Å². The Kier molecular flexibility index (Phi) is 4.31. The van der Waals surface area contributed by atoms with Gasteiger partial charge in [0, 0.05) is 10.5 Å². The minimum Gasteiger partial charge on any atom is -0.542 e. The van der Waals surface area contributed by atoms with Gasteiger partial charge < -0.3 is 10.2 Å². The number of nitrogen functional groups attached to an aromatic ring is 1. The Labute approximate surface area is 122 Å². The summed E-state index contributed by atoms with van der Waals surface area (Å²) in [6.45, 7) is 10.4. The summed E-state index contributed by atoms with van der Waals surface area (Å²) in [7, 11) is -2.08. The lowest BCUT2D eigenvalue weighted by Gasteiger charge is -2.36. The summed E-state index contributed by atoms with van der Waals surface area (Å²) >= 11 is 3.25. The van der Waals surface area contributed by atoms with Gasteiger partial charge in [0.1, 0.15) is 5.75 Å². The number of halogens is 1. The number of rotatable bonds is 3. The van der Waals surface area contributed by atoms with E-state index in [9.17, 15) is 10.1 Å². The van der Waals surface area contributed by atoms with Gasteiger partial charge in [-0.05, 0) is 24.2 Å². The monoisotopic (exact) mass is 346 g/mol. The number of nitro benzene ring substituents is 1. The van der Waals surface area contributed by atoms with E-state index in [2.05, 4.69) is 49.8 Å². The first-order valence-electron chi connectivity index (χ1n) is 5.88. The van der Waals surface area contributed by atoms with Crippen molar-refractivity contribution in [1.29, 1.82) is 0 Å². The summed E-state index contributed by atoms with van der Waals surface area (Å²) < 4.78 is 6.63. The number of benzene rings is 1. The predicted molar refractivity (Wildman–Crippen MR) is 83.0 cm³/mol. The lowest BCUT2D eigenvalue weighted by molar-refractivity contribution is -0.384. The molecular formula is C12H19BrN2O3Si. The van der Waals surface area contributed by atoms with Crippen LogP contribution in [0, 0.1) is 10.1 Å². The van der Waals surface area contributed by atoms with E-state index in [1.807, 2.05) is 0 Å². The van der Waals surface area contributed by atoms with E-state index in [4.69, 9.17) is 10.2 Å². The molecule has 1 aromatic rings. The van der Waals surface area contributed by atoms with Gasteiger partial charge in [0.25, 0.3) is 14.0 Å². The lowest BCUT2D eigenvalue weighted by atomic mass is 10.2. The topological polar surface area (TPSA) is 78.4 Å². The molecule has 0 radical (unpaired) electrons. The number of nitrogens with zero attached hydrogens (tertiary/aromatic N) is 1. The first-order chi connectivity index (χ1) is 8.45. The first kappa shape index (κ1) is 16.0. The van der Waals surface area contributed by atoms with Gasteiger partial charge in [0.15, 0.2) is 5.69 Å². The van der Waals surface area contributed by atoms with Crippen molar-refractivity contribution in [2.24, 2.45) is 0 Å². The van der Waals surface area contributed by atoms with Gasteiger partial charge in [-0.2, -0.15) is 0 Å². The molecule has 0 aliphatic carbocycles. The molecule has 7 heteroatoms. The van der Waals surface area contributed by atoms with Crippen LogP contribution in [0.1, 0.15) is 20.8 Å². The molecule has 5 nitrogen and oxygen atoms in total. The summed E-state index contributed by atoms with van der Waals surface area (Å²) in [5.41, 5.74) is 5.78. The number of hydrogen-bond acceptors (Lipinski definition) is 4. The third-order valence-electron chi connectivity index (χ3n) is 3.45. The van der Waals surface area contributed by atoms with E-state index in [1.165, 1.54) is 6.07 Å². The second-order valence-corrected chi connectivity index (χ2v) is 11.6. The predicted octanol–water partition coefficient (Wildman–Crippen LogP) is 4.32. The van der Waals surface area contributed by atoms with Crippen molar-refractivity contribution in [2.45, 2.75) is 38.9 Å². The normalized spacial score (nSPS) is 12.3. The summed E-state index contributed by atoms with van der Waals surface area (Å²) in [4.78, 5) is 10.4. The van der Waals surface area contributed by atoms with Crippen LogP contribution in [0.4, 0.5) is 11.4 Å². The molecule has 0 atom stereocenters. The maximum absolute atomic E-state index is 10.9. The highest BCUT2D eigenvalue weighted by molar-refractivity contribution is 9.10. The molecule has 0 unspecified atom stereocenters. The number of nitrogens with two attached hydrogens (primary N) is 1. The quantitative estimate of drug-likeness (QED) is 0.382. The van der Waals surface area contributed by atoms with E-state index in [-0.39, 0.29) is 16.4 Å². The molecular weight excluding hydrogens is 328 g/mol. The maximum atomic E-state index is 10.9.